The Balaban J connectivity index is 1.96. The van der Waals surface area contributed by atoms with Crippen LogP contribution in [0.25, 0.3) is 0 Å². The largest absolute Gasteiger partial charge is 0.492 e. The Morgan fingerprint density at radius 3 is 2.84 bits per heavy atom. The molecule has 0 amide bonds. The van der Waals surface area contributed by atoms with Crippen molar-refractivity contribution in [1.82, 2.24) is 10.2 Å². The van der Waals surface area contributed by atoms with Gasteiger partial charge in [0.1, 0.15) is 18.2 Å². The molecule has 1 aromatic carbocycles. The number of nitrogens with zero attached hydrogens (tertiary/aromatic N) is 1. The predicted octanol–water partition coefficient (Wildman–Crippen LogP) is 2.58. The molecule has 1 N–H and O–H groups in total. The molecule has 1 unspecified atom stereocenters. The zero-order chi connectivity index (χ0) is 13.8. The number of likely N-dealkylation sites (N-methyl/N-ethyl adjacent to an activating group) is 1. The standard InChI is InChI=1S/C15H23FN2O/c1-11(17-2)15-13(16)5-4-6-14(15)19-10-9-18(3)12-7-8-12/h4-6,11-12,17H,7-10H2,1-3H3. The van der Waals surface area contributed by atoms with Gasteiger partial charge in [-0.25, -0.2) is 4.39 Å². The fourth-order valence-electron chi connectivity index (χ4n) is 2.21. The predicted molar refractivity (Wildman–Crippen MR) is 75.0 cm³/mol. The third-order valence-corrected chi connectivity index (χ3v) is 3.75. The molecule has 1 atom stereocenters. The van der Waals surface area contributed by atoms with E-state index in [1.165, 1.54) is 18.9 Å². The number of hydrogen-bond acceptors (Lipinski definition) is 3. The molecule has 1 saturated carbocycles. The number of rotatable bonds is 7. The molecule has 0 heterocycles. The maximum absolute atomic E-state index is 13.9. The van der Waals surface area contributed by atoms with E-state index in [9.17, 15) is 4.39 Å². The van der Waals surface area contributed by atoms with E-state index in [2.05, 4.69) is 17.3 Å². The molecule has 0 bridgehead atoms. The maximum atomic E-state index is 13.9. The molecule has 19 heavy (non-hydrogen) atoms. The van der Waals surface area contributed by atoms with Gasteiger partial charge < -0.3 is 15.0 Å². The first-order chi connectivity index (χ1) is 9.13. The van der Waals surface area contributed by atoms with Crippen molar-refractivity contribution in [2.45, 2.75) is 31.8 Å². The first-order valence-corrected chi connectivity index (χ1v) is 6.92. The second-order valence-electron chi connectivity index (χ2n) is 5.22. The molecule has 1 aliphatic rings. The quantitative estimate of drug-likeness (QED) is 0.821. The molecule has 3 nitrogen and oxygen atoms in total. The summed E-state index contributed by atoms with van der Waals surface area (Å²) in [7, 11) is 3.94. The van der Waals surface area contributed by atoms with Gasteiger partial charge in [0.05, 0.1) is 0 Å². The van der Waals surface area contributed by atoms with Crippen LogP contribution in [0.5, 0.6) is 5.75 Å². The summed E-state index contributed by atoms with van der Waals surface area (Å²) < 4.78 is 19.6. The molecular weight excluding hydrogens is 243 g/mol. The van der Waals surface area contributed by atoms with Gasteiger partial charge in [0, 0.05) is 24.2 Å². The normalized spacial score (nSPS) is 16.7. The van der Waals surface area contributed by atoms with Crippen molar-refractivity contribution >= 4 is 0 Å². The Kier molecular flexibility index (Phi) is 4.77. The van der Waals surface area contributed by atoms with Gasteiger partial charge in [0.15, 0.2) is 0 Å². The molecule has 4 heteroatoms. The van der Waals surface area contributed by atoms with Crippen LogP contribution in [0.3, 0.4) is 0 Å². The van der Waals surface area contributed by atoms with Crippen molar-refractivity contribution in [3.05, 3.63) is 29.6 Å². The van der Waals surface area contributed by atoms with Gasteiger partial charge >= 0.3 is 0 Å². The molecule has 0 spiro atoms. The fraction of sp³-hybridized carbons (Fsp3) is 0.600. The fourth-order valence-corrected chi connectivity index (χ4v) is 2.21. The highest BCUT2D eigenvalue weighted by atomic mass is 19.1. The zero-order valence-electron chi connectivity index (χ0n) is 11.9. The minimum Gasteiger partial charge on any atom is -0.492 e. The summed E-state index contributed by atoms with van der Waals surface area (Å²) in [6, 6.07) is 5.68. The summed E-state index contributed by atoms with van der Waals surface area (Å²) in [5, 5.41) is 3.06. The molecule has 2 rings (SSSR count). The molecule has 0 saturated heterocycles. The summed E-state index contributed by atoms with van der Waals surface area (Å²) in [6.07, 6.45) is 2.58. The highest BCUT2D eigenvalue weighted by molar-refractivity contribution is 5.37. The summed E-state index contributed by atoms with van der Waals surface area (Å²) in [6.45, 7) is 3.41. The van der Waals surface area contributed by atoms with Gasteiger partial charge in [-0.2, -0.15) is 0 Å². The number of nitrogens with one attached hydrogen (secondary N) is 1. The van der Waals surface area contributed by atoms with Crippen LogP contribution in [-0.4, -0.2) is 38.2 Å². The van der Waals surface area contributed by atoms with Crippen molar-refractivity contribution in [2.75, 3.05) is 27.2 Å². The Hall–Kier alpha value is -1.13. The van der Waals surface area contributed by atoms with Crippen LogP contribution in [0.15, 0.2) is 18.2 Å². The van der Waals surface area contributed by atoms with Crippen LogP contribution in [0.4, 0.5) is 4.39 Å². The van der Waals surface area contributed by atoms with Crippen molar-refractivity contribution in [2.24, 2.45) is 0 Å². The third kappa shape index (κ3) is 3.67. The maximum Gasteiger partial charge on any atom is 0.131 e. The van der Waals surface area contributed by atoms with E-state index in [0.717, 1.165) is 12.6 Å². The highest BCUT2D eigenvalue weighted by Gasteiger charge is 2.25. The lowest BCUT2D eigenvalue weighted by Gasteiger charge is -2.19. The number of halogens is 1. The summed E-state index contributed by atoms with van der Waals surface area (Å²) in [4.78, 5) is 2.31. The molecule has 1 aliphatic carbocycles. The van der Waals surface area contributed by atoms with Crippen LogP contribution in [-0.2, 0) is 0 Å². The minimum absolute atomic E-state index is 0.0580. The van der Waals surface area contributed by atoms with Gasteiger partial charge in [-0.3, -0.25) is 0 Å². The lowest BCUT2D eigenvalue weighted by molar-refractivity contribution is 0.229. The highest BCUT2D eigenvalue weighted by Crippen LogP contribution is 2.28. The van der Waals surface area contributed by atoms with Gasteiger partial charge in [-0.1, -0.05) is 6.07 Å². The topological polar surface area (TPSA) is 24.5 Å². The first kappa shape index (κ1) is 14.3. The lowest BCUT2D eigenvalue weighted by atomic mass is 10.1. The third-order valence-electron chi connectivity index (χ3n) is 3.75. The monoisotopic (exact) mass is 266 g/mol. The Bertz CT molecular complexity index is 421. The average Bonchev–Trinajstić information content (AvgIpc) is 3.22. The summed E-state index contributed by atoms with van der Waals surface area (Å²) in [5.41, 5.74) is 0.610. The average molecular weight is 266 g/mol. The van der Waals surface area contributed by atoms with Crippen molar-refractivity contribution < 1.29 is 9.13 Å². The Labute approximate surface area is 114 Å². The number of ether oxygens (including phenoxy) is 1. The van der Waals surface area contributed by atoms with E-state index in [-0.39, 0.29) is 11.9 Å². The SMILES string of the molecule is CNC(C)c1c(F)cccc1OCCN(C)C1CC1. The van der Waals surface area contributed by atoms with E-state index < -0.39 is 0 Å². The zero-order valence-corrected chi connectivity index (χ0v) is 11.9. The van der Waals surface area contributed by atoms with Crippen LogP contribution < -0.4 is 10.1 Å². The molecule has 1 aromatic rings. The van der Waals surface area contributed by atoms with Gasteiger partial charge in [0.2, 0.25) is 0 Å². The van der Waals surface area contributed by atoms with E-state index >= 15 is 0 Å². The van der Waals surface area contributed by atoms with E-state index in [1.807, 2.05) is 20.0 Å². The molecule has 0 radical (unpaired) electrons. The molecule has 106 valence electrons. The molecule has 0 aromatic heterocycles. The van der Waals surface area contributed by atoms with Gasteiger partial charge in [-0.05, 0) is 46.0 Å². The van der Waals surface area contributed by atoms with Crippen LogP contribution in [0.1, 0.15) is 31.4 Å². The van der Waals surface area contributed by atoms with E-state index in [0.29, 0.717) is 17.9 Å². The second kappa shape index (κ2) is 6.35. The first-order valence-electron chi connectivity index (χ1n) is 6.92. The van der Waals surface area contributed by atoms with Gasteiger partial charge in [-0.15, -0.1) is 0 Å². The second-order valence-corrected chi connectivity index (χ2v) is 5.22. The Morgan fingerprint density at radius 2 is 2.21 bits per heavy atom. The van der Waals surface area contributed by atoms with Crippen LogP contribution >= 0.6 is 0 Å². The van der Waals surface area contributed by atoms with Crippen LogP contribution in [0, 0.1) is 5.82 Å². The molecule has 1 fully saturated rings. The molecular formula is C15H23FN2O. The van der Waals surface area contributed by atoms with Crippen LogP contribution in [0.2, 0.25) is 0 Å². The van der Waals surface area contributed by atoms with Gasteiger partial charge in [0.25, 0.3) is 0 Å². The minimum atomic E-state index is -0.213. The van der Waals surface area contributed by atoms with Crippen molar-refractivity contribution in [3.63, 3.8) is 0 Å². The lowest BCUT2D eigenvalue weighted by Crippen LogP contribution is -2.26. The van der Waals surface area contributed by atoms with E-state index in [4.69, 9.17) is 4.74 Å². The number of benzene rings is 1. The van der Waals surface area contributed by atoms with Crippen molar-refractivity contribution in [3.8, 4) is 5.75 Å². The smallest absolute Gasteiger partial charge is 0.131 e. The van der Waals surface area contributed by atoms with E-state index in [1.54, 1.807) is 6.07 Å². The summed E-state index contributed by atoms with van der Waals surface area (Å²) >= 11 is 0. The Morgan fingerprint density at radius 1 is 1.47 bits per heavy atom. The molecule has 0 aliphatic heterocycles. The number of hydrogen-bond donors (Lipinski definition) is 1. The summed E-state index contributed by atoms with van der Waals surface area (Å²) in [5.74, 6) is 0.431. The van der Waals surface area contributed by atoms with Crippen molar-refractivity contribution in [1.29, 1.82) is 0 Å².